The maximum Gasteiger partial charge on any atom is 0.405 e. The lowest BCUT2D eigenvalue weighted by molar-refractivity contribution is 0.189. The Morgan fingerprint density at radius 1 is 1.02 bits per heavy atom. The third-order valence-electron chi connectivity index (χ3n) is 8.00. The molecule has 0 bridgehead atoms. The summed E-state index contributed by atoms with van der Waals surface area (Å²) in [7, 11) is -0.908. The van der Waals surface area contributed by atoms with Crippen molar-refractivity contribution in [3.8, 4) is 11.4 Å². The molecule has 4 aromatic carbocycles. The van der Waals surface area contributed by atoms with Crippen LogP contribution in [0.2, 0.25) is 5.02 Å². The number of benzene rings is 4. The van der Waals surface area contributed by atoms with Crippen molar-refractivity contribution in [3.63, 3.8) is 0 Å². The molecule has 2 aromatic heterocycles. The summed E-state index contributed by atoms with van der Waals surface area (Å²) in [6.07, 6.45) is -1.57. The number of fused-ring (bicyclic) bond motifs is 2. The Balaban J connectivity index is 1.48. The molecule has 0 spiro atoms. The van der Waals surface area contributed by atoms with Gasteiger partial charge in [0.2, 0.25) is 10.0 Å². The molecule has 12 nitrogen and oxygen atoms in total. The molecule has 0 aliphatic carbocycles. The number of nitrogens with one attached hydrogen (secondary N) is 2. The van der Waals surface area contributed by atoms with Gasteiger partial charge in [0.25, 0.3) is 5.56 Å². The maximum absolute atomic E-state index is 14.3. The molecule has 6 aromatic rings. The molecule has 16 heteroatoms. The van der Waals surface area contributed by atoms with Crippen LogP contribution in [0.25, 0.3) is 27.5 Å². The second kappa shape index (κ2) is 13.8. The quantitative estimate of drug-likeness (QED) is 0.153. The Morgan fingerprint density at radius 3 is 2.40 bits per heavy atom. The Bertz CT molecular complexity index is 2420. The number of carboxylic acid groups (broad SMARTS) is 1. The number of rotatable bonds is 11. The predicted octanol–water partition coefficient (Wildman–Crippen LogP) is 5.75. The molecule has 258 valence electrons. The van der Waals surface area contributed by atoms with Gasteiger partial charge in [-0.15, -0.1) is 0 Å². The molecular formula is C34H29ClF2N6O6S. The number of amides is 1. The lowest BCUT2D eigenvalue weighted by atomic mass is 10.0. The standard InChI is InChI=1S/C34H29ClF2N6O6S/c1-42-30-28(12-11-25(35)29(30)31(40-42)41-50(47,48)14-13-19-7-9-23(49-2)10-8-19)43-32(38-26-6-4-3-5-24(26)33(43)44)27(39-34(45)46)17-20-15-21(36)18-22(37)16-20/h3-12,15-16,18,27,39H,13-14,17H2,1-2H3,(H,40,41)(H,45,46)/t27-/m0/s1. The van der Waals surface area contributed by atoms with Crippen LogP contribution in [-0.4, -0.2) is 51.8 Å². The highest BCUT2D eigenvalue weighted by molar-refractivity contribution is 7.92. The van der Waals surface area contributed by atoms with E-state index in [9.17, 15) is 31.9 Å². The average molecular weight is 723 g/mol. The first-order valence-corrected chi connectivity index (χ1v) is 17.1. The summed E-state index contributed by atoms with van der Waals surface area (Å²) in [5, 5.41) is 17.0. The van der Waals surface area contributed by atoms with E-state index in [0.29, 0.717) is 11.8 Å². The first kappa shape index (κ1) is 34.3. The second-order valence-corrected chi connectivity index (χ2v) is 13.6. The zero-order valence-electron chi connectivity index (χ0n) is 26.5. The van der Waals surface area contributed by atoms with Crippen molar-refractivity contribution in [1.29, 1.82) is 0 Å². The number of anilines is 1. The summed E-state index contributed by atoms with van der Waals surface area (Å²) in [4.78, 5) is 31.0. The normalized spacial score (nSPS) is 12.3. The van der Waals surface area contributed by atoms with Crippen LogP contribution in [0.15, 0.2) is 83.7 Å². The zero-order chi connectivity index (χ0) is 35.7. The van der Waals surface area contributed by atoms with Gasteiger partial charge in [0.1, 0.15) is 23.2 Å². The molecule has 1 atom stereocenters. The number of aromatic nitrogens is 4. The molecular weight excluding hydrogens is 694 g/mol. The molecule has 0 radical (unpaired) electrons. The van der Waals surface area contributed by atoms with E-state index in [2.05, 4.69) is 20.1 Å². The molecule has 0 fully saturated rings. The molecule has 0 saturated heterocycles. The number of para-hydroxylation sites is 1. The summed E-state index contributed by atoms with van der Waals surface area (Å²) >= 11 is 6.64. The third kappa shape index (κ3) is 7.09. The number of ether oxygens (including phenoxy) is 1. The topological polar surface area (TPSA) is 157 Å². The summed E-state index contributed by atoms with van der Waals surface area (Å²) < 4.78 is 65.1. The first-order valence-electron chi connectivity index (χ1n) is 15.1. The Hall–Kier alpha value is -5.54. The van der Waals surface area contributed by atoms with E-state index in [1.807, 2.05) is 0 Å². The summed E-state index contributed by atoms with van der Waals surface area (Å²) in [5.41, 5.74) is 0.874. The number of halogens is 3. The SMILES string of the molecule is COc1ccc(CCS(=O)(=O)Nc2nn(C)c3c(-n4c([C@H](Cc5cc(F)cc(F)c5)NC(=O)O)nc5ccccc5c4=O)ccc(Cl)c23)cc1. The highest BCUT2D eigenvalue weighted by atomic mass is 35.5. The van der Waals surface area contributed by atoms with Crippen LogP contribution < -0.4 is 20.3 Å². The minimum absolute atomic E-state index is 0.0946. The van der Waals surface area contributed by atoms with E-state index >= 15 is 0 Å². The van der Waals surface area contributed by atoms with Crippen LogP contribution in [0.1, 0.15) is 23.0 Å². The highest BCUT2D eigenvalue weighted by Crippen LogP contribution is 2.35. The smallest absolute Gasteiger partial charge is 0.405 e. The Kier molecular flexibility index (Phi) is 9.45. The van der Waals surface area contributed by atoms with Gasteiger partial charge >= 0.3 is 6.09 Å². The van der Waals surface area contributed by atoms with Crippen LogP contribution in [-0.2, 0) is 29.9 Å². The fraction of sp³-hybridized carbons (Fsp3) is 0.176. The first-order chi connectivity index (χ1) is 23.8. The van der Waals surface area contributed by atoms with Crippen molar-refractivity contribution in [1.82, 2.24) is 24.6 Å². The minimum Gasteiger partial charge on any atom is -0.497 e. The lowest BCUT2D eigenvalue weighted by Gasteiger charge is -2.22. The Labute approximate surface area is 289 Å². The van der Waals surface area contributed by atoms with E-state index in [-0.39, 0.29) is 68.3 Å². The summed E-state index contributed by atoms with van der Waals surface area (Å²) in [5.74, 6) is -1.58. The van der Waals surface area contributed by atoms with E-state index in [4.69, 9.17) is 16.3 Å². The number of hydrogen-bond donors (Lipinski definition) is 3. The van der Waals surface area contributed by atoms with Crippen LogP contribution >= 0.6 is 11.6 Å². The number of hydrogen-bond acceptors (Lipinski definition) is 7. The van der Waals surface area contributed by atoms with E-state index < -0.39 is 39.4 Å². The van der Waals surface area contributed by atoms with Crippen molar-refractivity contribution >= 4 is 55.3 Å². The van der Waals surface area contributed by atoms with Crippen LogP contribution in [0, 0.1) is 11.6 Å². The average Bonchev–Trinajstić information content (AvgIpc) is 3.39. The number of nitrogens with zero attached hydrogens (tertiary/aromatic N) is 4. The fourth-order valence-corrected chi connectivity index (χ4v) is 7.08. The van der Waals surface area contributed by atoms with Crippen LogP contribution in [0.5, 0.6) is 5.75 Å². The number of carbonyl (C=O) groups is 1. The molecule has 0 aliphatic rings. The maximum atomic E-state index is 14.3. The highest BCUT2D eigenvalue weighted by Gasteiger charge is 2.27. The molecule has 0 saturated carbocycles. The summed E-state index contributed by atoms with van der Waals surface area (Å²) in [6.45, 7) is 0. The van der Waals surface area contributed by atoms with Gasteiger partial charge in [-0.3, -0.25) is 18.8 Å². The molecule has 6 rings (SSSR count). The van der Waals surface area contributed by atoms with Gasteiger partial charge in [0, 0.05) is 19.5 Å². The molecule has 0 unspecified atom stereocenters. The van der Waals surface area contributed by atoms with Crippen molar-refractivity contribution in [2.75, 3.05) is 17.6 Å². The fourth-order valence-electron chi connectivity index (χ4n) is 5.79. The minimum atomic E-state index is -3.97. The number of methoxy groups -OCH3 is 1. The van der Waals surface area contributed by atoms with Crippen molar-refractivity contribution in [3.05, 3.63) is 123 Å². The third-order valence-corrected chi connectivity index (χ3v) is 9.56. The van der Waals surface area contributed by atoms with E-state index in [0.717, 1.165) is 17.7 Å². The van der Waals surface area contributed by atoms with Gasteiger partial charge in [0.15, 0.2) is 5.82 Å². The van der Waals surface area contributed by atoms with Gasteiger partial charge in [-0.1, -0.05) is 35.9 Å². The lowest BCUT2D eigenvalue weighted by Crippen LogP contribution is -2.35. The predicted molar refractivity (Wildman–Crippen MR) is 185 cm³/mol. The monoisotopic (exact) mass is 722 g/mol. The molecule has 50 heavy (non-hydrogen) atoms. The summed E-state index contributed by atoms with van der Waals surface area (Å²) in [6, 6.07) is 17.8. The van der Waals surface area contributed by atoms with E-state index in [1.54, 1.807) is 48.5 Å². The van der Waals surface area contributed by atoms with Gasteiger partial charge in [-0.05, 0) is 66.1 Å². The molecule has 3 N–H and O–H groups in total. The van der Waals surface area contributed by atoms with Gasteiger partial charge in [0.05, 0.1) is 51.4 Å². The van der Waals surface area contributed by atoms with Gasteiger partial charge < -0.3 is 15.2 Å². The van der Waals surface area contributed by atoms with Crippen LogP contribution in [0.4, 0.5) is 19.4 Å². The van der Waals surface area contributed by atoms with Crippen LogP contribution in [0.3, 0.4) is 0 Å². The van der Waals surface area contributed by atoms with E-state index in [1.165, 1.54) is 35.5 Å². The van der Waals surface area contributed by atoms with Crippen molar-refractivity contribution in [2.24, 2.45) is 7.05 Å². The van der Waals surface area contributed by atoms with Crippen molar-refractivity contribution < 1.29 is 31.8 Å². The molecule has 1 amide bonds. The van der Waals surface area contributed by atoms with Crippen molar-refractivity contribution in [2.45, 2.75) is 18.9 Å². The second-order valence-electron chi connectivity index (χ2n) is 11.4. The number of aryl methyl sites for hydroxylation is 2. The number of sulfonamides is 1. The Morgan fingerprint density at radius 2 is 1.72 bits per heavy atom. The largest absolute Gasteiger partial charge is 0.497 e. The van der Waals surface area contributed by atoms with Gasteiger partial charge in [-0.2, -0.15) is 5.10 Å². The van der Waals surface area contributed by atoms with Gasteiger partial charge in [-0.25, -0.2) is 27.0 Å². The molecule has 2 heterocycles. The zero-order valence-corrected chi connectivity index (χ0v) is 28.1. The molecule has 0 aliphatic heterocycles.